The van der Waals surface area contributed by atoms with Gasteiger partial charge in [-0.3, -0.25) is 43.2 Å². The molecule has 0 radical (unpaired) electrons. The molecule has 550 valence electrons. The van der Waals surface area contributed by atoms with Gasteiger partial charge < -0.3 is 65.8 Å². The summed E-state index contributed by atoms with van der Waals surface area (Å²) in [5.74, 6) is -6.45. The lowest BCUT2D eigenvalue weighted by Gasteiger charge is -2.31. The van der Waals surface area contributed by atoms with E-state index in [0.29, 0.717) is 101 Å². The molecule has 7 N–H and O–H groups in total. The zero-order chi connectivity index (χ0) is 73.7. The second-order valence-corrected chi connectivity index (χ2v) is 28.5. The summed E-state index contributed by atoms with van der Waals surface area (Å²) in [5, 5.41) is 27.3. The van der Waals surface area contributed by atoms with E-state index in [9.17, 15) is 67.4 Å². The molecule has 2 aromatic carbocycles. The van der Waals surface area contributed by atoms with Crippen molar-refractivity contribution in [2.45, 2.75) is 250 Å². The Labute approximate surface area is 587 Å². The second-order valence-electron chi connectivity index (χ2n) is 28.5. The molecule has 26 nitrogen and oxygen atoms in total. The quantitative estimate of drug-likeness (QED) is 0.0260. The van der Waals surface area contributed by atoms with E-state index in [-0.39, 0.29) is 57.2 Å². The van der Waals surface area contributed by atoms with Crippen LogP contribution < -0.4 is 31.9 Å². The molecule has 26 heteroatoms. The second kappa shape index (κ2) is 40.4. The summed E-state index contributed by atoms with van der Waals surface area (Å²) < 4.78 is 21.5. The molecule has 4 aliphatic heterocycles. The molecule has 4 heterocycles. The number of ether oxygens (including phenoxy) is 4. The first kappa shape index (κ1) is 81.9. The summed E-state index contributed by atoms with van der Waals surface area (Å²) in [4.78, 5) is 174. The first-order valence-electron chi connectivity index (χ1n) is 35.1. The third-order valence-electron chi connectivity index (χ3n) is 16.6. The number of nitrogens with zero attached hydrogens (tertiary/aromatic N) is 2. The van der Waals surface area contributed by atoms with Crippen LogP contribution in [-0.2, 0) is 71.7 Å². The molecule has 0 saturated carbocycles. The Bertz CT molecular complexity index is 3180. The van der Waals surface area contributed by atoms with Gasteiger partial charge in [-0.25, -0.2) is 19.2 Å². The van der Waals surface area contributed by atoms with Crippen molar-refractivity contribution in [1.29, 1.82) is 0 Å². The first-order valence-corrected chi connectivity index (χ1v) is 35.1. The van der Waals surface area contributed by atoms with Crippen LogP contribution in [0, 0.1) is 11.8 Å². The van der Waals surface area contributed by atoms with Crippen LogP contribution in [-0.4, -0.2) is 172 Å². The minimum Gasteiger partial charge on any atom is -0.458 e. The van der Waals surface area contributed by atoms with E-state index in [4.69, 9.17) is 18.9 Å². The summed E-state index contributed by atoms with van der Waals surface area (Å²) in [6, 6.07) is 9.36. The molecule has 0 spiro atoms. The number of allylic oxidation sites excluding steroid dienone is 4. The molecule has 8 amide bonds. The van der Waals surface area contributed by atoms with Gasteiger partial charge in [0.25, 0.3) is 0 Å². The number of fused-ring (bicyclic) bond motifs is 2. The lowest BCUT2D eigenvalue weighted by molar-refractivity contribution is -0.159. The van der Waals surface area contributed by atoms with Crippen molar-refractivity contribution in [3.8, 4) is 0 Å². The summed E-state index contributed by atoms with van der Waals surface area (Å²) >= 11 is 0. The van der Waals surface area contributed by atoms with Crippen LogP contribution in [0.15, 0.2) is 85.0 Å². The van der Waals surface area contributed by atoms with Crippen molar-refractivity contribution >= 4 is 76.9 Å². The average Bonchev–Trinajstić information content (AvgIpc) is 1.63. The summed E-state index contributed by atoms with van der Waals surface area (Å²) in [6.07, 6.45) is 9.42. The van der Waals surface area contributed by atoms with Crippen LogP contribution in [0.1, 0.15) is 208 Å². The Morgan fingerprint density at radius 2 is 0.930 bits per heavy atom. The number of Topliss-reactive ketones (excluding diaryl/α,β-unsaturated/α-hetero) is 3. The van der Waals surface area contributed by atoms with Gasteiger partial charge in [0.1, 0.15) is 41.5 Å². The molecular formula is C74H106N8O18. The van der Waals surface area contributed by atoms with Gasteiger partial charge in [0.05, 0.1) is 25.3 Å². The number of hydrogen-bond donors (Lipinski definition) is 7. The monoisotopic (exact) mass is 1390 g/mol. The molecule has 0 aliphatic carbocycles. The molecule has 2 saturated heterocycles. The number of aliphatic hydroxyl groups is 1. The van der Waals surface area contributed by atoms with Crippen molar-refractivity contribution in [3.63, 3.8) is 0 Å². The number of esters is 2. The topological polar surface area (TPSA) is 358 Å². The van der Waals surface area contributed by atoms with E-state index < -0.39 is 149 Å². The number of aliphatic hydroxyl groups excluding tert-OH is 1. The van der Waals surface area contributed by atoms with Crippen LogP contribution in [0.5, 0.6) is 0 Å². The Morgan fingerprint density at radius 1 is 0.520 bits per heavy atom. The Kier molecular flexibility index (Phi) is 33.1. The summed E-state index contributed by atoms with van der Waals surface area (Å²) in [7, 11) is 0. The molecule has 0 aromatic heterocycles. The fourth-order valence-electron chi connectivity index (χ4n) is 11.6. The number of amides is 8. The van der Waals surface area contributed by atoms with E-state index >= 15 is 0 Å². The lowest BCUT2D eigenvalue weighted by Crippen LogP contribution is -2.56. The number of hydrogen-bond acceptors (Lipinski definition) is 18. The van der Waals surface area contributed by atoms with Crippen LogP contribution in [0.4, 0.5) is 9.59 Å². The smallest absolute Gasteiger partial charge is 0.407 e. The average molecular weight is 1400 g/mol. The van der Waals surface area contributed by atoms with E-state index in [1.165, 1.54) is 9.80 Å². The first-order chi connectivity index (χ1) is 47.3. The Morgan fingerprint density at radius 3 is 1.36 bits per heavy atom. The standard InChI is InChI=1S/C37H54N4O9.C37H52N4O9/c2*1-24(2)23-49-36(48)39-27-18-13-8-6-7-12-17-26(38-33(45)28-19-14-22-41(28)34(27)46)32(44)29(42)20-21-30(43)40-31(25-15-10-9-11-16-25)35(47)50-37(3,4)5/h6,8-11,15-16,24,26-28,31-32,44H,7,12-14,17-23H2,1-5H3,(H,38,45)(H,39,48)(H,40,43);6,8-11,15-16,24,26-28,31H,7,12-14,17-23H2,1-5H3,(H,38,45)(H,39,48)(H,40,43)/b2*8-6-/t26-,27-,28-,31-,32?;26?,27-,28-,31-/m00/s1. The summed E-state index contributed by atoms with van der Waals surface area (Å²) in [5.41, 5.74) is -0.567. The van der Waals surface area contributed by atoms with E-state index in [2.05, 4.69) is 31.9 Å². The van der Waals surface area contributed by atoms with Gasteiger partial charge in [-0.1, -0.05) is 113 Å². The predicted octanol–water partition coefficient (Wildman–Crippen LogP) is 7.49. The highest BCUT2D eigenvalue weighted by molar-refractivity contribution is 6.39. The van der Waals surface area contributed by atoms with Crippen molar-refractivity contribution in [1.82, 2.24) is 41.7 Å². The van der Waals surface area contributed by atoms with E-state index in [1.807, 2.05) is 52.0 Å². The van der Waals surface area contributed by atoms with E-state index in [0.717, 1.165) is 0 Å². The highest BCUT2D eigenvalue weighted by atomic mass is 16.6. The van der Waals surface area contributed by atoms with Gasteiger partial charge >= 0.3 is 24.1 Å². The molecule has 2 aromatic rings. The van der Waals surface area contributed by atoms with Gasteiger partial charge in [-0.05, 0) is 154 Å². The van der Waals surface area contributed by atoms with Crippen molar-refractivity contribution in [3.05, 3.63) is 96.1 Å². The fraction of sp³-hybridized carbons (Fsp3) is 0.608. The van der Waals surface area contributed by atoms with Crippen LogP contribution in [0.3, 0.4) is 0 Å². The number of ketones is 3. The van der Waals surface area contributed by atoms with Crippen LogP contribution in [0.2, 0.25) is 0 Å². The predicted molar refractivity (Wildman–Crippen MR) is 370 cm³/mol. The zero-order valence-electron chi connectivity index (χ0n) is 59.8. The maximum absolute atomic E-state index is 13.6. The molecule has 2 unspecified atom stereocenters. The van der Waals surface area contributed by atoms with E-state index in [1.54, 1.807) is 102 Å². The molecule has 2 fully saturated rings. The van der Waals surface area contributed by atoms with Crippen molar-refractivity contribution in [2.75, 3.05) is 26.3 Å². The van der Waals surface area contributed by atoms with Crippen LogP contribution >= 0.6 is 0 Å². The van der Waals surface area contributed by atoms with Crippen molar-refractivity contribution < 1.29 is 86.4 Å². The van der Waals surface area contributed by atoms with Gasteiger partial charge in [0, 0.05) is 38.8 Å². The Balaban J connectivity index is 0.000000361. The molecule has 100 heavy (non-hydrogen) atoms. The fourth-order valence-corrected chi connectivity index (χ4v) is 11.6. The number of alkyl carbamates (subject to hydrolysis) is 2. The third kappa shape index (κ3) is 28.1. The van der Waals surface area contributed by atoms with Gasteiger partial charge in [-0.2, -0.15) is 0 Å². The zero-order valence-corrected chi connectivity index (χ0v) is 59.8. The molecular weight excluding hydrogens is 1290 g/mol. The van der Waals surface area contributed by atoms with Gasteiger partial charge in [-0.15, -0.1) is 0 Å². The highest BCUT2D eigenvalue weighted by Gasteiger charge is 2.42. The molecule has 0 bridgehead atoms. The molecule has 4 aliphatic rings. The Hall–Kier alpha value is -8.81. The highest BCUT2D eigenvalue weighted by Crippen LogP contribution is 2.26. The normalized spacial score (nSPS) is 21.9. The summed E-state index contributed by atoms with van der Waals surface area (Å²) in [6.45, 7) is 18.9. The largest absolute Gasteiger partial charge is 0.458 e. The molecule has 6 rings (SSSR count). The maximum Gasteiger partial charge on any atom is 0.407 e. The van der Waals surface area contributed by atoms with Crippen molar-refractivity contribution in [2.24, 2.45) is 11.8 Å². The number of benzene rings is 2. The minimum absolute atomic E-state index is 0.117. The SMILES string of the molecule is CC(C)COC(=O)N[C@H]1CC/C=C\CCCC(C(=O)C(=O)CCC(=O)N[C@H](C(=O)OC(C)(C)C)c2ccccc2)NC(=O)[C@@H]2CCCN2C1=O.CC(C)COC(=O)N[C@H]1CC/C=C\CCC[C@@H](C(O)C(=O)CCC(=O)N[C@H](C(=O)OC(C)(C)C)c2ccccc2)NC(=O)[C@@H]2CCCN2C1=O. The number of carbonyl (C=O) groups is 13. The number of carbonyl (C=O) groups excluding carboxylic acids is 13. The van der Waals surface area contributed by atoms with Gasteiger partial charge in [0.2, 0.25) is 47.0 Å². The third-order valence-corrected chi connectivity index (χ3v) is 16.6. The minimum atomic E-state index is -1.60. The maximum atomic E-state index is 13.6. The van der Waals surface area contributed by atoms with Gasteiger partial charge in [0.15, 0.2) is 17.9 Å². The number of nitrogens with one attached hydrogen (secondary N) is 6. The molecule has 9 atom stereocenters. The number of rotatable bonds is 22. The lowest BCUT2D eigenvalue weighted by atomic mass is 9.97. The van der Waals surface area contributed by atoms with Crippen LogP contribution in [0.25, 0.3) is 0 Å².